The quantitative estimate of drug-likeness (QED) is 0.646. The molecule has 9 nitrogen and oxygen atoms in total. The summed E-state index contributed by atoms with van der Waals surface area (Å²) < 4.78 is 17.4. The molecule has 0 unspecified atom stereocenters. The Bertz CT molecular complexity index is 1150. The third kappa shape index (κ3) is 5.98. The van der Waals surface area contributed by atoms with Crippen molar-refractivity contribution in [1.82, 2.24) is 15.5 Å². The Morgan fingerprint density at radius 2 is 1.78 bits per heavy atom. The molecule has 0 spiro atoms. The molecule has 37 heavy (non-hydrogen) atoms. The molecule has 1 saturated carbocycles. The van der Waals surface area contributed by atoms with Gasteiger partial charge >= 0.3 is 0 Å². The second-order valence-electron chi connectivity index (χ2n) is 9.90. The number of ether oxygens (including phenoxy) is 3. The van der Waals surface area contributed by atoms with Gasteiger partial charge in [0.15, 0.2) is 18.1 Å². The monoisotopic (exact) mass is 507 g/mol. The molecule has 4 aliphatic rings. The van der Waals surface area contributed by atoms with Crippen molar-refractivity contribution in [2.75, 3.05) is 26.8 Å². The number of fused-ring (bicyclic) bond motifs is 9. The highest BCUT2D eigenvalue weighted by Gasteiger charge is 2.40. The third-order valence-corrected chi connectivity index (χ3v) is 7.31. The standard InChI is InChI=1S/C28H33N3O6/c1-35-23-11-7-18-8-12-26(32)30-22-15-31(28(34)20-3-2-4-20)16-25(22)37-21-9-5-19(6-10-21)14-29-27(33)17-36-24(23)13-18/h5-7,9-11,13,20,22,25H,2-4,8,12,14-17H2,1H3,(H,29,33)(H,30,32)/t22-,25-/m0/s1. The number of likely N-dealkylation sites (tertiary alicyclic amines) is 1. The number of carbonyl (C=O) groups excluding carboxylic acids is 3. The minimum atomic E-state index is -0.346. The Labute approximate surface area is 216 Å². The van der Waals surface area contributed by atoms with Crippen molar-refractivity contribution in [3.63, 3.8) is 0 Å². The summed E-state index contributed by atoms with van der Waals surface area (Å²) in [6.45, 7) is 1.08. The van der Waals surface area contributed by atoms with Gasteiger partial charge in [0, 0.05) is 25.4 Å². The van der Waals surface area contributed by atoms with Crippen LogP contribution in [0.2, 0.25) is 0 Å². The van der Waals surface area contributed by atoms with Crippen LogP contribution in [-0.2, 0) is 27.3 Å². The fraction of sp³-hybridized carbons (Fsp3) is 0.464. The summed E-state index contributed by atoms with van der Waals surface area (Å²) in [4.78, 5) is 40.1. The SMILES string of the molecule is COc1ccc2cc1OCC(=O)NCc1ccc(cc1)O[C@H]1CN(C(=O)C3CCC3)C[C@@H]1NC(=O)CC2. The molecule has 3 heterocycles. The van der Waals surface area contributed by atoms with Crippen LogP contribution in [0.25, 0.3) is 0 Å². The Kier molecular flexibility index (Phi) is 7.48. The van der Waals surface area contributed by atoms with Gasteiger partial charge in [-0.2, -0.15) is 0 Å². The molecule has 3 aliphatic heterocycles. The van der Waals surface area contributed by atoms with Gasteiger partial charge in [0.25, 0.3) is 5.91 Å². The van der Waals surface area contributed by atoms with E-state index in [9.17, 15) is 14.4 Å². The fourth-order valence-corrected chi connectivity index (χ4v) is 4.91. The smallest absolute Gasteiger partial charge is 0.258 e. The molecule has 4 bridgehead atoms. The van der Waals surface area contributed by atoms with Crippen LogP contribution in [0.3, 0.4) is 0 Å². The molecule has 0 radical (unpaired) electrons. The zero-order chi connectivity index (χ0) is 25.8. The molecule has 0 aromatic heterocycles. The van der Waals surface area contributed by atoms with E-state index in [4.69, 9.17) is 14.2 Å². The number of benzene rings is 2. The molecule has 1 saturated heterocycles. The topological polar surface area (TPSA) is 106 Å². The van der Waals surface area contributed by atoms with Crippen LogP contribution < -0.4 is 24.8 Å². The molecule has 2 aromatic rings. The second kappa shape index (κ2) is 11.1. The number of hydrogen-bond acceptors (Lipinski definition) is 6. The minimum absolute atomic E-state index is 0.0923. The van der Waals surface area contributed by atoms with Crippen molar-refractivity contribution in [3.05, 3.63) is 53.6 Å². The Morgan fingerprint density at radius 1 is 1.00 bits per heavy atom. The van der Waals surface area contributed by atoms with E-state index in [1.165, 1.54) is 0 Å². The van der Waals surface area contributed by atoms with Crippen molar-refractivity contribution in [2.45, 2.75) is 50.8 Å². The summed E-state index contributed by atoms with van der Waals surface area (Å²) in [6, 6.07) is 12.6. The molecule has 2 N–H and O–H groups in total. The van der Waals surface area contributed by atoms with Gasteiger partial charge in [-0.3, -0.25) is 14.4 Å². The molecule has 2 aromatic carbocycles. The molecule has 2 atom stereocenters. The van der Waals surface area contributed by atoms with Gasteiger partial charge in [-0.1, -0.05) is 24.6 Å². The predicted octanol–water partition coefficient (Wildman–Crippen LogP) is 2.21. The zero-order valence-electron chi connectivity index (χ0n) is 21.0. The van der Waals surface area contributed by atoms with Gasteiger partial charge in [-0.05, 0) is 54.7 Å². The van der Waals surface area contributed by atoms with E-state index in [2.05, 4.69) is 10.6 Å². The lowest BCUT2D eigenvalue weighted by molar-refractivity contribution is -0.137. The second-order valence-corrected chi connectivity index (χ2v) is 9.90. The molecular weight excluding hydrogens is 474 g/mol. The summed E-state index contributed by atoms with van der Waals surface area (Å²) in [5.74, 6) is 1.51. The number of nitrogens with one attached hydrogen (secondary N) is 2. The van der Waals surface area contributed by atoms with Gasteiger partial charge in [0.1, 0.15) is 11.9 Å². The molecule has 6 rings (SSSR count). The molecule has 3 amide bonds. The summed E-state index contributed by atoms with van der Waals surface area (Å²) in [6.07, 6.45) is 3.37. The maximum atomic E-state index is 12.9. The Balaban J connectivity index is 1.36. The van der Waals surface area contributed by atoms with Gasteiger partial charge < -0.3 is 29.7 Å². The first-order valence-corrected chi connectivity index (χ1v) is 12.9. The molecule has 9 heteroatoms. The van der Waals surface area contributed by atoms with E-state index in [1.807, 2.05) is 35.2 Å². The lowest BCUT2D eigenvalue weighted by atomic mass is 9.84. The number of methoxy groups -OCH3 is 1. The van der Waals surface area contributed by atoms with Crippen LogP contribution in [0, 0.1) is 5.92 Å². The zero-order valence-corrected chi connectivity index (χ0v) is 21.0. The minimum Gasteiger partial charge on any atom is -0.493 e. The highest BCUT2D eigenvalue weighted by molar-refractivity contribution is 5.81. The van der Waals surface area contributed by atoms with Gasteiger partial charge in [-0.15, -0.1) is 0 Å². The van der Waals surface area contributed by atoms with Crippen LogP contribution in [0.4, 0.5) is 0 Å². The molecule has 196 valence electrons. The summed E-state index contributed by atoms with van der Waals surface area (Å²) >= 11 is 0. The molecule has 1 aliphatic carbocycles. The summed E-state index contributed by atoms with van der Waals surface area (Å²) in [7, 11) is 1.54. The van der Waals surface area contributed by atoms with Gasteiger partial charge in [0.2, 0.25) is 11.8 Å². The highest BCUT2D eigenvalue weighted by atomic mass is 16.5. The van der Waals surface area contributed by atoms with Crippen molar-refractivity contribution >= 4 is 17.7 Å². The van der Waals surface area contributed by atoms with Crippen molar-refractivity contribution in [2.24, 2.45) is 5.92 Å². The van der Waals surface area contributed by atoms with E-state index in [0.717, 1.165) is 30.4 Å². The average molecular weight is 508 g/mol. The maximum Gasteiger partial charge on any atom is 0.258 e. The molecular formula is C28H33N3O6. The largest absolute Gasteiger partial charge is 0.493 e. The number of hydrogen-bond donors (Lipinski definition) is 2. The Hall–Kier alpha value is -3.75. The van der Waals surface area contributed by atoms with Gasteiger partial charge in [0.05, 0.1) is 19.7 Å². The number of amides is 3. The Morgan fingerprint density at radius 3 is 2.51 bits per heavy atom. The molecule has 2 fully saturated rings. The number of carbonyl (C=O) groups is 3. The van der Waals surface area contributed by atoms with E-state index >= 15 is 0 Å². The maximum absolute atomic E-state index is 12.9. The first kappa shape index (κ1) is 24.9. The number of nitrogens with zero attached hydrogens (tertiary/aromatic N) is 1. The van der Waals surface area contributed by atoms with E-state index in [-0.39, 0.29) is 48.8 Å². The predicted molar refractivity (Wildman–Crippen MR) is 135 cm³/mol. The van der Waals surface area contributed by atoms with E-state index < -0.39 is 0 Å². The highest BCUT2D eigenvalue weighted by Crippen LogP contribution is 2.31. The van der Waals surface area contributed by atoms with Crippen molar-refractivity contribution in [3.8, 4) is 17.2 Å². The van der Waals surface area contributed by atoms with Crippen LogP contribution >= 0.6 is 0 Å². The van der Waals surface area contributed by atoms with Crippen molar-refractivity contribution < 1.29 is 28.6 Å². The third-order valence-electron chi connectivity index (χ3n) is 7.31. The summed E-state index contributed by atoms with van der Waals surface area (Å²) in [5.41, 5.74) is 1.80. The first-order valence-electron chi connectivity index (χ1n) is 12.9. The average Bonchev–Trinajstić information content (AvgIpc) is 3.26. The fourth-order valence-electron chi connectivity index (χ4n) is 4.91. The van der Waals surface area contributed by atoms with Crippen LogP contribution in [0.5, 0.6) is 17.2 Å². The number of rotatable bonds is 2. The van der Waals surface area contributed by atoms with Crippen LogP contribution in [-0.4, -0.2) is 61.6 Å². The van der Waals surface area contributed by atoms with E-state index in [0.29, 0.717) is 43.3 Å². The number of aryl methyl sites for hydroxylation is 1. The first-order chi connectivity index (χ1) is 18.0. The van der Waals surface area contributed by atoms with Crippen molar-refractivity contribution in [1.29, 1.82) is 0 Å². The summed E-state index contributed by atoms with van der Waals surface area (Å²) in [5, 5.41) is 5.97. The van der Waals surface area contributed by atoms with Gasteiger partial charge in [-0.25, -0.2) is 0 Å². The van der Waals surface area contributed by atoms with E-state index in [1.54, 1.807) is 19.2 Å². The normalized spacial score (nSPS) is 22.7. The van der Waals surface area contributed by atoms with Crippen LogP contribution in [0.1, 0.15) is 36.8 Å². The lowest BCUT2D eigenvalue weighted by Crippen LogP contribution is -2.45. The van der Waals surface area contributed by atoms with Crippen LogP contribution in [0.15, 0.2) is 42.5 Å². The lowest BCUT2D eigenvalue weighted by Gasteiger charge is -2.29.